The number of hydrogen-bond donors (Lipinski definition) is 1. The van der Waals surface area contributed by atoms with Crippen molar-refractivity contribution in [3.8, 4) is 11.5 Å². The maximum absolute atomic E-state index is 6.25. The summed E-state index contributed by atoms with van der Waals surface area (Å²) in [5, 5.41) is 3.97. The monoisotopic (exact) mass is 289 g/mol. The van der Waals surface area contributed by atoms with Crippen molar-refractivity contribution < 1.29 is 9.47 Å². The highest BCUT2D eigenvalue weighted by atomic mass is 35.5. The Morgan fingerprint density at radius 1 is 1.05 bits per heavy atom. The molecular formula is C16H16ClNO2. The lowest BCUT2D eigenvalue weighted by Crippen LogP contribution is -2.15. The van der Waals surface area contributed by atoms with E-state index in [-0.39, 0.29) is 0 Å². The minimum Gasteiger partial charge on any atom is -0.486 e. The van der Waals surface area contributed by atoms with Gasteiger partial charge in [-0.25, -0.2) is 0 Å². The number of rotatable bonds is 3. The van der Waals surface area contributed by atoms with Gasteiger partial charge in [0.15, 0.2) is 11.5 Å². The van der Waals surface area contributed by atoms with Gasteiger partial charge in [0.1, 0.15) is 13.2 Å². The normalized spacial score (nSPS) is 13.1. The van der Waals surface area contributed by atoms with Crippen molar-refractivity contribution in [1.82, 2.24) is 0 Å². The second-order valence-electron chi connectivity index (χ2n) is 4.81. The summed E-state index contributed by atoms with van der Waals surface area (Å²) in [7, 11) is 0. The molecule has 1 aliphatic heterocycles. The summed E-state index contributed by atoms with van der Waals surface area (Å²) in [5.74, 6) is 1.45. The Hall–Kier alpha value is -1.87. The van der Waals surface area contributed by atoms with E-state index in [2.05, 4.69) is 36.5 Å². The highest BCUT2D eigenvalue weighted by Crippen LogP contribution is 2.38. The molecule has 0 spiro atoms. The Kier molecular flexibility index (Phi) is 3.70. The van der Waals surface area contributed by atoms with E-state index in [4.69, 9.17) is 21.1 Å². The van der Waals surface area contributed by atoms with Crippen LogP contribution < -0.4 is 14.8 Å². The molecule has 3 rings (SSSR count). The van der Waals surface area contributed by atoms with Gasteiger partial charge in [-0.15, -0.1) is 0 Å². The molecule has 1 aliphatic rings. The summed E-state index contributed by atoms with van der Waals surface area (Å²) >= 11 is 6.25. The van der Waals surface area contributed by atoms with E-state index in [9.17, 15) is 0 Å². The average Bonchev–Trinajstić information content (AvgIpc) is 2.47. The highest BCUT2D eigenvalue weighted by Gasteiger charge is 2.14. The van der Waals surface area contributed by atoms with Gasteiger partial charge in [0, 0.05) is 18.7 Å². The first-order valence-electron chi connectivity index (χ1n) is 6.61. The van der Waals surface area contributed by atoms with Crippen LogP contribution in [0.2, 0.25) is 5.02 Å². The van der Waals surface area contributed by atoms with E-state index in [1.54, 1.807) is 6.07 Å². The third-order valence-electron chi connectivity index (χ3n) is 3.24. The average molecular weight is 290 g/mol. The second-order valence-corrected chi connectivity index (χ2v) is 5.22. The van der Waals surface area contributed by atoms with Crippen molar-refractivity contribution >= 4 is 17.3 Å². The highest BCUT2D eigenvalue weighted by molar-refractivity contribution is 6.33. The first kappa shape index (κ1) is 13.1. The maximum Gasteiger partial charge on any atom is 0.163 e. The van der Waals surface area contributed by atoms with Crippen LogP contribution in [0.3, 0.4) is 0 Å². The van der Waals surface area contributed by atoms with Crippen molar-refractivity contribution in [3.63, 3.8) is 0 Å². The van der Waals surface area contributed by atoms with E-state index in [0.29, 0.717) is 24.0 Å². The molecule has 0 unspecified atom stereocenters. The van der Waals surface area contributed by atoms with Crippen molar-refractivity contribution in [2.45, 2.75) is 13.5 Å². The largest absolute Gasteiger partial charge is 0.486 e. The molecule has 0 radical (unpaired) electrons. The van der Waals surface area contributed by atoms with Crippen LogP contribution in [0.4, 0.5) is 5.69 Å². The fraction of sp³-hybridized carbons (Fsp3) is 0.250. The van der Waals surface area contributed by atoms with Gasteiger partial charge in [-0.2, -0.15) is 0 Å². The van der Waals surface area contributed by atoms with E-state index in [1.807, 2.05) is 6.07 Å². The molecule has 20 heavy (non-hydrogen) atoms. The summed E-state index contributed by atoms with van der Waals surface area (Å²) < 4.78 is 11.1. The number of hydrogen-bond acceptors (Lipinski definition) is 3. The molecule has 1 heterocycles. The topological polar surface area (TPSA) is 30.5 Å². The van der Waals surface area contributed by atoms with Crippen molar-refractivity contribution in [2.24, 2.45) is 0 Å². The molecule has 0 aromatic heterocycles. The van der Waals surface area contributed by atoms with Crippen LogP contribution in [0.1, 0.15) is 11.1 Å². The predicted molar refractivity (Wildman–Crippen MR) is 80.9 cm³/mol. The summed E-state index contributed by atoms with van der Waals surface area (Å²) in [4.78, 5) is 0. The molecule has 0 saturated heterocycles. The first-order valence-corrected chi connectivity index (χ1v) is 6.99. The molecule has 2 aromatic rings. The Balaban J connectivity index is 1.75. The van der Waals surface area contributed by atoms with Gasteiger partial charge in [-0.1, -0.05) is 41.4 Å². The number of fused-ring (bicyclic) bond motifs is 1. The van der Waals surface area contributed by atoms with Crippen LogP contribution in [0.5, 0.6) is 11.5 Å². The van der Waals surface area contributed by atoms with Gasteiger partial charge in [-0.05, 0) is 12.5 Å². The molecule has 0 saturated carbocycles. The Morgan fingerprint density at radius 3 is 2.40 bits per heavy atom. The van der Waals surface area contributed by atoms with E-state index in [0.717, 1.165) is 18.0 Å². The predicted octanol–water partition coefficient (Wildman–Crippen LogP) is 4.03. The summed E-state index contributed by atoms with van der Waals surface area (Å²) in [6.45, 7) is 3.94. The molecule has 4 heteroatoms. The molecule has 0 atom stereocenters. The summed E-state index contributed by atoms with van der Waals surface area (Å²) in [6.07, 6.45) is 0. The van der Waals surface area contributed by atoms with Crippen LogP contribution in [-0.2, 0) is 6.54 Å². The van der Waals surface area contributed by atoms with Crippen molar-refractivity contribution in [1.29, 1.82) is 0 Å². The minimum absolute atomic E-state index is 0.569. The van der Waals surface area contributed by atoms with Crippen molar-refractivity contribution in [3.05, 3.63) is 52.5 Å². The third-order valence-corrected chi connectivity index (χ3v) is 3.55. The standard InChI is InChI=1S/C16H16ClNO2/c1-11-2-4-12(5-3-11)10-18-14-9-16-15(8-13(14)17)19-6-7-20-16/h2-5,8-9,18H,6-7,10H2,1H3. The maximum atomic E-state index is 6.25. The van der Waals surface area contributed by atoms with Crippen LogP contribution in [0, 0.1) is 6.92 Å². The molecule has 0 bridgehead atoms. The van der Waals surface area contributed by atoms with Gasteiger partial charge < -0.3 is 14.8 Å². The molecule has 0 amide bonds. The van der Waals surface area contributed by atoms with Gasteiger partial charge in [0.25, 0.3) is 0 Å². The molecule has 3 nitrogen and oxygen atoms in total. The summed E-state index contributed by atoms with van der Waals surface area (Å²) in [6, 6.07) is 12.1. The van der Waals surface area contributed by atoms with Crippen LogP contribution in [-0.4, -0.2) is 13.2 Å². The van der Waals surface area contributed by atoms with Crippen LogP contribution in [0.15, 0.2) is 36.4 Å². The Bertz CT molecular complexity index is 611. The van der Waals surface area contributed by atoms with E-state index < -0.39 is 0 Å². The fourth-order valence-electron chi connectivity index (χ4n) is 2.10. The lowest BCUT2D eigenvalue weighted by atomic mass is 10.1. The lowest BCUT2D eigenvalue weighted by molar-refractivity contribution is 0.171. The van der Waals surface area contributed by atoms with Crippen molar-refractivity contribution in [2.75, 3.05) is 18.5 Å². The number of benzene rings is 2. The quantitative estimate of drug-likeness (QED) is 0.925. The third kappa shape index (κ3) is 2.83. The SMILES string of the molecule is Cc1ccc(CNc2cc3c(cc2Cl)OCCO3)cc1. The van der Waals surface area contributed by atoms with Gasteiger partial charge >= 0.3 is 0 Å². The smallest absolute Gasteiger partial charge is 0.163 e. The van der Waals surface area contributed by atoms with Crippen LogP contribution in [0.25, 0.3) is 0 Å². The van der Waals surface area contributed by atoms with E-state index in [1.165, 1.54) is 11.1 Å². The minimum atomic E-state index is 0.569. The van der Waals surface area contributed by atoms with Gasteiger partial charge in [-0.3, -0.25) is 0 Å². The number of aryl methyl sites for hydroxylation is 1. The molecule has 0 fully saturated rings. The molecule has 0 aliphatic carbocycles. The lowest BCUT2D eigenvalue weighted by Gasteiger charge is -2.20. The Labute approximate surface area is 123 Å². The zero-order valence-electron chi connectivity index (χ0n) is 11.3. The number of nitrogens with one attached hydrogen (secondary N) is 1. The van der Waals surface area contributed by atoms with Gasteiger partial charge in [0.2, 0.25) is 0 Å². The van der Waals surface area contributed by atoms with E-state index >= 15 is 0 Å². The zero-order chi connectivity index (χ0) is 13.9. The molecule has 2 aromatic carbocycles. The van der Waals surface area contributed by atoms with Gasteiger partial charge in [0.05, 0.1) is 10.7 Å². The number of anilines is 1. The number of halogens is 1. The second kappa shape index (κ2) is 5.63. The number of ether oxygens (including phenoxy) is 2. The molecular weight excluding hydrogens is 274 g/mol. The first-order chi connectivity index (χ1) is 9.72. The Morgan fingerprint density at radius 2 is 1.70 bits per heavy atom. The zero-order valence-corrected chi connectivity index (χ0v) is 12.0. The molecule has 1 N–H and O–H groups in total. The summed E-state index contributed by atoms with van der Waals surface area (Å²) in [5.41, 5.74) is 3.32. The van der Waals surface area contributed by atoms with Crippen LogP contribution >= 0.6 is 11.6 Å². The molecule has 104 valence electrons. The fourth-order valence-corrected chi connectivity index (χ4v) is 2.32.